The van der Waals surface area contributed by atoms with Crippen LogP contribution in [0.4, 0.5) is 0 Å². The monoisotopic (exact) mass is 328 g/mol. The van der Waals surface area contributed by atoms with Crippen molar-refractivity contribution in [1.29, 1.82) is 0 Å². The Balaban J connectivity index is 1.81. The van der Waals surface area contributed by atoms with E-state index in [1.54, 1.807) is 11.4 Å². The van der Waals surface area contributed by atoms with E-state index in [2.05, 4.69) is 25.1 Å². The summed E-state index contributed by atoms with van der Waals surface area (Å²) in [6.45, 7) is 0.00919. The van der Waals surface area contributed by atoms with Gasteiger partial charge in [-0.15, -0.1) is 11.3 Å². The number of nitrogens with zero attached hydrogens (tertiary/aromatic N) is 5. The van der Waals surface area contributed by atoms with Crippen LogP contribution in [0.1, 0.15) is 5.82 Å². The SMILES string of the molecule is O=c1[nH]c(Cn2c(-c3cnccn3)noc2=O)nc2ccsc12. The molecular formula is C13H8N6O3S. The third kappa shape index (κ3) is 2.34. The van der Waals surface area contributed by atoms with Crippen molar-refractivity contribution in [2.24, 2.45) is 0 Å². The molecule has 9 nitrogen and oxygen atoms in total. The fourth-order valence-electron chi connectivity index (χ4n) is 2.15. The third-order valence-corrected chi connectivity index (χ3v) is 4.05. The molecule has 0 saturated carbocycles. The number of hydrogen-bond acceptors (Lipinski definition) is 8. The average Bonchev–Trinajstić information content (AvgIpc) is 3.16. The molecule has 4 rings (SSSR count). The Morgan fingerprint density at radius 2 is 2.22 bits per heavy atom. The highest BCUT2D eigenvalue weighted by molar-refractivity contribution is 7.17. The first-order chi connectivity index (χ1) is 11.2. The summed E-state index contributed by atoms with van der Waals surface area (Å²) < 4.78 is 6.48. The zero-order valence-electron chi connectivity index (χ0n) is 11.5. The van der Waals surface area contributed by atoms with Gasteiger partial charge in [-0.3, -0.25) is 14.3 Å². The highest BCUT2D eigenvalue weighted by atomic mass is 32.1. The molecule has 0 atom stereocenters. The van der Waals surface area contributed by atoms with Gasteiger partial charge in [0.25, 0.3) is 5.56 Å². The van der Waals surface area contributed by atoms with Crippen LogP contribution in [0, 0.1) is 0 Å². The lowest BCUT2D eigenvalue weighted by molar-refractivity contribution is 0.377. The first kappa shape index (κ1) is 13.5. The molecule has 0 radical (unpaired) electrons. The Morgan fingerprint density at radius 1 is 1.30 bits per heavy atom. The van der Waals surface area contributed by atoms with E-state index >= 15 is 0 Å². The van der Waals surface area contributed by atoms with E-state index in [1.807, 2.05) is 0 Å². The van der Waals surface area contributed by atoms with E-state index in [4.69, 9.17) is 4.52 Å². The molecular weight excluding hydrogens is 320 g/mol. The Bertz CT molecular complexity index is 1090. The highest BCUT2D eigenvalue weighted by Crippen LogP contribution is 2.15. The summed E-state index contributed by atoms with van der Waals surface area (Å²) >= 11 is 1.31. The molecule has 4 heterocycles. The van der Waals surface area contributed by atoms with E-state index in [-0.39, 0.29) is 17.9 Å². The molecule has 0 unspecified atom stereocenters. The van der Waals surface area contributed by atoms with E-state index in [0.29, 0.717) is 21.7 Å². The molecule has 10 heteroatoms. The van der Waals surface area contributed by atoms with Gasteiger partial charge in [-0.05, 0) is 11.4 Å². The lowest BCUT2D eigenvalue weighted by Crippen LogP contribution is -2.20. The zero-order chi connectivity index (χ0) is 15.8. The summed E-state index contributed by atoms with van der Waals surface area (Å²) in [5, 5.41) is 5.50. The first-order valence-corrected chi connectivity index (χ1v) is 7.39. The maximum absolute atomic E-state index is 12.0. The minimum absolute atomic E-state index is 0.00919. The minimum atomic E-state index is -0.668. The highest BCUT2D eigenvalue weighted by Gasteiger charge is 2.16. The van der Waals surface area contributed by atoms with Gasteiger partial charge in [0.05, 0.1) is 18.3 Å². The molecule has 0 amide bonds. The maximum Gasteiger partial charge on any atom is 0.442 e. The van der Waals surface area contributed by atoms with Crippen LogP contribution < -0.4 is 11.3 Å². The molecule has 0 fully saturated rings. The van der Waals surface area contributed by atoms with Crippen LogP contribution in [0.3, 0.4) is 0 Å². The van der Waals surface area contributed by atoms with E-state index in [1.165, 1.54) is 34.5 Å². The average molecular weight is 328 g/mol. The number of H-pyrrole nitrogens is 1. The summed E-state index contributed by atoms with van der Waals surface area (Å²) in [6, 6.07) is 1.75. The quantitative estimate of drug-likeness (QED) is 0.586. The normalized spacial score (nSPS) is 11.1. The zero-order valence-corrected chi connectivity index (χ0v) is 12.3. The largest absolute Gasteiger partial charge is 0.442 e. The van der Waals surface area contributed by atoms with Gasteiger partial charge < -0.3 is 4.98 Å². The van der Waals surface area contributed by atoms with Crippen molar-refractivity contribution in [2.45, 2.75) is 6.54 Å². The molecule has 0 aliphatic carbocycles. The maximum atomic E-state index is 12.0. The Hall–Kier alpha value is -3.14. The molecule has 0 aliphatic rings. The van der Waals surface area contributed by atoms with Crippen LogP contribution in [-0.4, -0.2) is 29.7 Å². The standard InChI is InChI=1S/C13H8N6O3S/c20-12-10-7(1-4-23-10)16-9(17-12)6-19-11(18-22-13(19)21)8-5-14-2-3-15-8/h1-5H,6H2,(H,16,17,20). The van der Waals surface area contributed by atoms with Gasteiger partial charge in [0.2, 0.25) is 5.82 Å². The number of nitrogens with one attached hydrogen (secondary N) is 1. The minimum Gasteiger partial charge on any atom is -0.308 e. The molecule has 0 bridgehead atoms. The molecule has 0 saturated heterocycles. The van der Waals surface area contributed by atoms with Gasteiger partial charge in [-0.1, -0.05) is 5.16 Å². The van der Waals surface area contributed by atoms with E-state index in [9.17, 15) is 9.59 Å². The first-order valence-electron chi connectivity index (χ1n) is 6.51. The topological polar surface area (TPSA) is 120 Å². The Labute approximate surface area is 131 Å². The second kappa shape index (κ2) is 5.25. The smallest absolute Gasteiger partial charge is 0.308 e. The Morgan fingerprint density at radius 3 is 3.04 bits per heavy atom. The van der Waals surface area contributed by atoms with Crippen LogP contribution >= 0.6 is 11.3 Å². The number of aromatic nitrogens is 6. The van der Waals surface area contributed by atoms with Gasteiger partial charge >= 0.3 is 5.76 Å². The molecule has 0 spiro atoms. The molecule has 4 aromatic heterocycles. The second-order valence-electron chi connectivity index (χ2n) is 4.60. The molecule has 114 valence electrons. The lowest BCUT2D eigenvalue weighted by Gasteiger charge is -2.03. The summed E-state index contributed by atoms with van der Waals surface area (Å²) in [5.74, 6) is -0.119. The van der Waals surface area contributed by atoms with Crippen molar-refractivity contribution in [3.05, 3.63) is 56.8 Å². The fourth-order valence-corrected chi connectivity index (χ4v) is 2.88. The van der Waals surface area contributed by atoms with Crippen molar-refractivity contribution in [1.82, 2.24) is 29.7 Å². The van der Waals surface area contributed by atoms with Gasteiger partial charge in [0.1, 0.15) is 16.2 Å². The van der Waals surface area contributed by atoms with Crippen LogP contribution in [0.5, 0.6) is 0 Å². The van der Waals surface area contributed by atoms with Crippen molar-refractivity contribution in [3.8, 4) is 11.5 Å². The van der Waals surface area contributed by atoms with Gasteiger partial charge in [-0.25, -0.2) is 19.3 Å². The number of rotatable bonds is 3. The second-order valence-corrected chi connectivity index (χ2v) is 5.51. The van der Waals surface area contributed by atoms with Gasteiger partial charge in [-0.2, -0.15) is 0 Å². The predicted octanol–water partition coefficient (Wildman–Crippen LogP) is 0.640. The lowest BCUT2D eigenvalue weighted by atomic mass is 10.4. The summed E-state index contributed by atoms with van der Waals surface area (Å²) in [6.07, 6.45) is 4.46. The number of thiophene rings is 1. The molecule has 23 heavy (non-hydrogen) atoms. The fraction of sp³-hybridized carbons (Fsp3) is 0.0769. The van der Waals surface area contributed by atoms with Crippen LogP contribution in [0.2, 0.25) is 0 Å². The van der Waals surface area contributed by atoms with Crippen molar-refractivity contribution < 1.29 is 4.52 Å². The predicted molar refractivity (Wildman–Crippen MR) is 81.1 cm³/mol. The molecule has 4 aromatic rings. The van der Waals surface area contributed by atoms with Crippen molar-refractivity contribution in [3.63, 3.8) is 0 Å². The Kier molecular flexibility index (Phi) is 3.08. The van der Waals surface area contributed by atoms with E-state index in [0.717, 1.165) is 0 Å². The summed E-state index contributed by atoms with van der Waals surface area (Å²) in [5.41, 5.74) is 0.724. The van der Waals surface area contributed by atoms with Gasteiger partial charge in [0, 0.05) is 12.4 Å². The van der Waals surface area contributed by atoms with Crippen LogP contribution in [0.15, 0.2) is 44.1 Å². The van der Waals surface area contributed by atoms with Crippen molar-refractivity contribution in [2.75, 3.05) is 0 Å². The van der Waals surface area contributed by atoms with E-state index < -0.39 is 5.76 Å². The van der Waals surface area contributed by atoms with Crippen LogP contribution in [-0.2, 0) is 6.54 Å². The summed E-state index contributed by atoms with van der Waals surface area (Å²) in [4.78, 5) is 38.9. The number of hydrogen-bond donors (Lipinski definition) is 1. The molecule has 1 N–H and O–H groups in total. The third-order valence-electron chi connectivity index (χ3n) is 3.15. The molecule has 0 aromatic carbocycles. The summed E-state index contributed by atoms with van der Waals surface area (Å²) in [7, 11) is 0. The number of aromatic amines is 1. The molecule has 0 aliphatic heterocycles. The number of fused-ring (bicyclic) bond motifs is 1. The van der Waals surface area contributed by atoms with Crippen LogP contribution in [0.25, 0.3) is 21.7 Å². The van der Waals surface area contributed by atoms with Crippen molar-refractivity contribution >= 4 is 21.6 Å². The van der Waals surface area contributed by atoms with Gasteiger partial charge in [0.15, 0.2) is 0 Å².